The normalized spacial score (nSPS) is 19.8. The van der Waals surface area contributed by atoms with Crippen LogP contribution in [0.5, 0.6) is 0 Å². The van der Waals surface area contributed by atoms with Crippen LogP contribution >= 0.6 is 0 Å². The number of hydrogen-bond acceptors (Lipinski definition) is 4. The highest BCUT2D eigenvalue weighted by Gasteiger charge is 2.29. The molecule has 43 heavy (non-hydrogen) atoms. The number of allylic oxidation sites excluding steroid dienone is 3. The Morgan fingerprint density at radius 3 is 2.12 bits per heavy atom. The molecular weight excluding hydrogens is 548 g/mol. The molecule has 4 rings (SSSR count). The van der Waals surface area contributed by atoms with Crippen LogP contribution in [-0.2, 0) is 32.0 Å². The smallest absolute Gasteiger partial charge is 0.303 e. The second-order valence-electron chi connectivity index (χ2n) is 11.0. The van der Waals surface area contributed by atoms with E-state index in [1.165, 1.54) is 0 Å². The summed E-state index contributed by atoms with van der Waals surface area (Å²) < 4.78 is 0. The van der Waals surface area contributed by atoms with Crippen molar-refractivity contribution in [1.82, 2.24) is 15.3 Å². The molecule has 1 saturated heterocycles. The topological polar surface area (TPSA) is 165 Å². The van der Waals surface area contributed by atoms with Crippen molar-refractivity contribution in [2.24, 2.45) is 10.9 Å². The minimum atomic E-state index is -0.919. The molecule has 4 heterocycles. The van der Waals surface area contributed by atoms with E-state index in [1.807, 2.05) is 59.8 Å². The Hall–Kier alpha value is -4.73. The number of hydrogen-bond donors (Lipinski definition) is 5. The van der Waals surface area contributed by atoms with Crippen LogP contribution in [0.15, 0.2) is 33.5 Å². The van der Waals surface area contributed by atoms with Crippen molar-refractivity contribution in [3.63, 3.8) is 0 Å². The zero-order valence-corrected chi connectivity index (χ0v) is 25.4. The molecule has 2 amide bonds. The lowest BCUT2D eigenvalue weighted by atomic mass is 10.0. The second kappa shape index (κ2) is 12.6. The number of carbonyl (C=O) groups is 4. The Kier molecular flexibility index (Phi) is 9.18. The van der Waals surface area contributed by atoms with E-state index in [1.54, 1.807) is 6.08 Å². The number of amides is 2. The molecule has 1 atom stereocenters. The fraction of sp³-hybridized carbons (Fsp3) is 0.364. The summed E-state index contributed by atoms with van der Waals surface area (Å²) in [4.78, 5) is 58.7. The van der Waals surface area contributed by atoms with Crippen molar-refractivity contribution >= 4 is 47.7 Å². The van der Waals surface area contributed by atoms with Gasteiger partial charge in [-0.25, -0.2) is 4.99 Å². The number of aliphatic carboxylic acids is 2. The maximum atomic E-state index is 12.4. The van der Waals surface area contributed by atoms with Gasteiger partial charge in [0.15, 0.2) is 0 Å². The highest BCUT2D eigenvalue weighted by Crippen LogP contribution is 2.29. The van der Waals surface area contributed by atoms with Gasteiger partial charge in [-0.15, -0.1) is 0 Å². The van der Waals surface area contributed by atoms with Crippen molar-refractivity contribution in [1.29, 1.82) is 0 Å². The van der Waals surface area contributed by atoms with Gasteiger partial charge in [0.2, 0.25) is 5.91 Å². The molecule has 2 aliphatic rings. The minimum absolute atomic E-state index is 0.0603. The molecule has 10 heteroatoms. The Balaban J connectivity index is 1.90. The fourth-order valence-corrected chi connectivity index (χ4v) is 5.77. The van der Waals surface area contributed by atoms with Crippen LogP contribution < -0.4 is 16.0 Å². The molecule has 0 aliphatic carbocycles. The minimum Gasteiger partial charge on any atom is -0.481 e. The molecule has 0 bridgehead atoms. The van der Waals surface area contributed by atoms with Crippen LogP contribution in [0, 0.1) is 19.8 Å². The maximum Gasteiger partial charge on any atom is 0.303 e. The van der Waals surface area contributed by atoms with Gasteiger partial charge >= 0.3 is 11.9 Å². The van der Waals surface area contributed by atoms with Crippen LogP contribution in [0.3, 0.4) is 0 Å². The molecule has 1 fully saturated rings. The largest absolute Gasteiger partial charge is 0.481 e. The number of carboxylic acids is 2. The molecule has 2 aliphatic heterocycles. The van der Waals surface area contributed by atoms with Gasteiger partial charge in [0, 0.05) is 46.2 Å². The Morgan fingerprint density at radius 2 is 1.53 bits per heavy atom. The van der Waals surface area contributed by atoms with Gasteiger partial charge in [-0.1, -0.05) is 13.0 Å². The van der Waals surface area contributed by atoms with Gasteiger partial charge in [0.25, 0.3) is 5.91 Å². The highest BCUT2D eigenvalue weighted by atomic mass is 16.4. The summed E-state index contributed by atoms with van der Waals surface area (Å²) in [5.74, 6) is -2.43. The van der Waals surface area contributed by atoms with Crippen molar-refractivity contribution in [3.8, 4) is 0 Å². The van der Waals surface area contributed by atoms with Gasteiger partial charge in [-0.05, 0) is 106 Å². The number of aromatic amines is 2. The van der Waals surface area contributed by atoms with Crippen molar-refractivity contribution in [2.45, 2.75) is 73.6 Å². The summed E-state index contributed by atoms with van der Waals surface area (Å²) in [5, 5.41) is 23.1. The van der Waals surface area contributed by atoms with E-state index in [2.05, 4.69) is 20.3 Å². The average Bonchev–Trinajstić information content (AvgIpc) is 3.59. The SMILES string of the molecule is C/C=C1/C(=C\c2[nH]c(/C=c3/[nH]/c(=C\C4=NC(=O)C(CC)=C4C)c(CCC(=O)O)c3C)c(CCC(=O)O)c2C)NC(=O)C1C. The van der Waals surface area contributed by atoms with Crippen LogP contribution in [0.1, 0.15) is 80.6 Å². The summed E-state index contributed by atoms with van der Waals surface area (Å²) in [6, 6.07) is 0. The summed E-state index contributed by atoms with van der Waals surface area (Å²) >= 11 is 0. The first-order valence-corrected chi connectivity index (χ1v) is 14.4. The zero-order valence-electron chi connectivity index (χ0n) is 25.4. The van der Waals surface area contributed by atoms with Crippen LogP contribution in [0.25, 0.3) is 18.2 Å². The van der Waals surface area contributed by atoms with Gasteiger partial charge < -0.3 is 25.5 Å². The number of aromatic nitrogens is 2. The Labute approximate surface area is 249 Å². The summed E-state index contributed by atoms with van der Waals surface area (Å²) in [6.45, 7) is 11.3. The van der Waals surface area contributed by atoms with E-state index in [4.69, 9.17) is 0 Å². The molecule has 5 N–H and O–H groups in total. The third-order valence-corrected chi connectivity index (χ3v) is 8.35. The van der Waals surface area contributed by atoms with Crippen molar-refractivity contribution in [2.75, 3.05) is 0 Å². The molecule has 0 saturated carbocycles. The monoisotopic (exact) mass is 586 g/mol. The highest BCUT2D eigenvalue weighted by molar-refractivity contribution is 6.30. The van der Waals surface area contributed by atoms with E-state index in [0.29, 0.717) is 40.9 Å². The maximum absolute atomic E-state index is 12.4. The van der Waals surface area contributed by atoms with Crippen molar-refractivity contribution < 1.29 is 29.4 Å². The Bertz CT molecular complexity index is 1780. The molecule has 1 unspecified atom stereocenters. The van der Waals surface area contributed by atoms with Gasteiger partial charge in [-0.3, -0.25) is 19.2 Å². The number of rotatable bonds is 10. The predicted octanol–water partition coefficient (Wildman–Crippen LogP) is 3.36. The molecule has 0 spiro atoms. The number of aliphatic imine (C=N–C) groups is 1. The van der Waals surface area contributed by atoms with Gasteiger partial charge in [-0.2, -0.15) is 0 Å². The van der Waals surface area contributed by atoms with Crippen LogP contribution in [-0.4, -0.2) is 49.6 Å². The lowest BCUT2D eigenvalue weighted by molar-refractivity contribution is -0.138. The number of carboxylic acid groups (broad SMARTS) is 2. The fourth-order valence-electron chi connectivity index (χ4n) is 5.77. The summed E-state index contributed by atoms with van der Waals surface area (Å²) in [6.07, 6.45) is 8.49. The van der Waals surface area contributed by atoms with E-state index < -0.39 is 11.9 Å². The first-order chi connectivity index (χ1) is 20.4. The summed E-state index contributed by atoms with van der Waals surface area (Å²) in [7, 11) is 0. The molecule has 10 nitrogen and oxygen atoms in total. The van der Waals surface area contributed by atoms with E-state index in [9.17, 15) is 29.4 Å². The lowest BCUT2D eigenvalue weighted by Crippen LogP contribution is -2.16. The molecular formula is C33H38N4O6. The van der Waals surface area contributed by atoms with Crippen LogP contribution in [0.4, 0.5) is 0 Å². The summed E-state index contributed by atoms with van der Waals surface area (Å²) in [5.41, 5.74) is 8.42. The zero-order chi connectivity index (χ0) is 31.6. The average molecular weight is 587 g/mol. The van der Waals surface area contributed by atoms with E-state index >= 15 is 0 Å². The molecule has 0 aromatic carbocycles. The third-order valence-electron chi connectivity index (χ3n) is 8.35. The van der Waals surface area contributed by atoms with Gasteiger partial charge in [0.05, 0.1) is 11.6 Å². The van der Waals surface area contributed by atoms with Gasteiger partial charge in [0.1, 0.15) is 0 Å². The Morgan fingerprint density at radius 1 is 0.884 bits per heavy atom. The number of nitrogens with zero attached hydrogens (tertiary/aromatic N) is 1. The van der Waals surface area contributed by atoms with E-state index in [0.717, 1.165) is 44.4 Å². The van der Waals surface area contributed by atoms with E-state index in [-0.39, 0.29) is 37.0 Å². The molecule has 0 radical (unpaired) electrons. The molecule has 2 aromatic heterocycles. The molecule has 226 valence electrons. The molecule has 2 aromatic rings. The number of carbonyl (C=O) groups excluding carboxylic acids is 2. The number of H-pyrrole nitrogens is 2. The predicted molar refractivity (Wildman–Crippen MR) is 165 cm³/mol. The standard InChI is InChI=1S/C33H38N4O6/c1-7-20-19(6)32(42)37-27(20)13-24-17(4)22(9-11-30(38)39)28(34-24)14-25-18(5)23(10-12-31(40)41)29(35-25)15-26-16(3)21(8-2)33(43)36-26/h7,13-15,19,34-35H,8-12H2,1-6H3,(H,37,42)(H,38,39)(H,40,41)/b20-7+,25-14+,27-13+,29-15-. The lowest BCUT2D eigenvalue weighted by Gasteiger charge is -2.03. The first kappa shape index (κ1) is 31.2. The number of nitrogens with one attached hydrogen (secondary N) is 3. The second-order valence-corrected chi connectivity index (χ2v) is 11.0. The quantitative estimate of drug-likeness (QED) is 0.286. The van der Waals surface area contributed by atoms with Crippen molar-refractivity contribution in [3.05, 3.63) is 72.8 Å². The third kappa shape index (κ3) is 6.38. The first-order valence-electron chi connectivity index (χ1n) is 14.4. The van der Waals surface area contributed by atoms with Crippen LogP contribution in [0.2, 0.25) is 0 Å².